The van der Waals surface area contributed by atoms with E-state index in [2.05, 4.69) is 0 Å². The van der Waals surface area contributed by atoms with Gasteiger partial charge in [-0.1, -0.05) is 29.8 Å². The number of hydrogen-bond acceptors (Lipinski definition) is 3. The summed E-state index contributed by atoms with van der Waals surface area (Å²) in [4.78, 5) is 14.4. The molecule has 23 heavy (non-hydrogen) atoms. The molecule has 0 aliphatic heterocycles. The van der Waals surface area contributed by atoms with Crippen LogP contribution in [0.15, 0.2) is 42.5 Å². The van der Waals surface area contributed by atoms with Gasteiger partial charge in [0.2, 0.25) is 0 Å². The zero-order valence-corrected chi connectivity index (χ0v) is 14.3. The molecule has 2 aromatic rings. The summed E-state index contributed by atoms with van der Waals surface area (Å²) in [6.07, 6.45) is 0. The standard InChI is InChI=1S/C18H20ClNO3/c1-4-20(18(21)14-7-5-6-8-15(14)19)12-13-9-10-16(22-2)17(11-13)23-3/h5-11H,4,12H2,1-3H3. The fourth-order valence-corrected chi connectivity index (χ4v) is 2.55. The molecule has 5 heteroatoms. The van der Waals surface area contributed by atoms with Gasteiger partial charge in [0.15, 0.2) is 11.5 Å². The second-order valence-corrected chi connectivity index (χ2v) is 5.40. The SMILES string of the molecule is CCN(Cc1ccc(OC)c(OC)c1)C(=O)c1ccccc1Cl. The van der Waals surface area contributed by atoms with Gasteiger partial charge in [0, 0.05) is 13.1 Å². The van der Waals surface area contributed by atoms with Crippen molar-refractivity contribution in [2.24, 2.45) is 0 Å². The van der Waals surface area contributed by atoms with Gasteiger partial charge in [-0.15, -0.1) is 0 Å². The topological polar surface area (TPSA) is 38.8 Å². The summed E-state index contributed by atoms with van der Waals surface area (Å²) < 4.78 is 10.5. The largest absolute Gasteiger partial charge is 0.493 e. The number of hydrogen-bond donors (Lipinski definition) is 0. The molecule has 0 radical (unpaired) electrons. The van der Waals surface area contributed by atoms with Crippen molar-refractivity contribution in [3.63, 3.8) is 0 Å². The van der Waals surface area contributed by atoms with E-state index in [4.69, 9.17) is 21.1 Å². The minimum atomic E-state index is -0.0899. The van der Waals surface area contributed by atoms with Crippen LogP contribution < -0.4 is 9.47 Å². The Labute approximate surface area is 141 Å². The zero-order chi connectivity index (χ0) is 16.8. The quantitative estimate of drug-likeness (QED) is 0.801. The second kappa shape index (κ2) is 7.88. The molecule has 0 aliphatic carbocycles. The molecule has 0 saturated carbocycles. The van der Waals surface area contributed by atoms with E-state index in [9.17, 15) is 4.79 Å². The van der Waals surface area contributed by atoms with Crippen LogP contribution >= 0.6 is 11.6 Å². The number of ether oxygens (including phenoxy) is 2. The van der Waals surface area contributed by atoms with Crippen LogP contribution in [0.5, 0.6) is 11.5 Å². The summed E-state index contributed by atoms with van der Waals surface area (Å²) >= 11 is 6.13. The molecule has 0 N–H and O–H groups in total. The Bertz CT molecular complexity index is 688. The Hall–Kier alpha value is -2.20. The van der Waals surface area contributed by atoms with Gasteiger partial charge in [0.25, 0.3) is 5.91 Å². The lowest BCUT2D eigenvalue weighted by Gasteiger charge is -2.22. The average Bonchev–Trinajstić information content (AvgIpc) is 2.59. The van der Waals surface area contributed by atoms with Gasteiger partial charge in [-0.2, -0.15) is 0 Å². The zero-order valence-electron chi connectivity index (χ0n) is 13.5. The van der Waals surface area contributed by atoms with Crippen molar-refractivity contribution in [1.82, 2.24) is 4.90 Å². The number of methoxy groups -OCH3 is 2. The minimum Gasteiger partial charge on any atom is -0.493 e. The second-order valence-electron chi connectivity index (χ2n) is 4.99. The summed E-state index contributed by atoms with van der Waals surface area (Å²) in [6, 6.07) is 12.7. The van der Waals surface area contributed by atoms with Gasteiger partial charge in [-0.3, -0.25) is 4.79 Å². The lowest BCUT2D eigenvalue weighted by Crippen LogP contribution is -2.30. The Balaban J connectivity index is 2.23. The first-order valence-electron chi connectivity index (χ1n) is 7.35. The number of carbonyl (C=O) groups is 1. The third kappa shape index (κ3) is 3.96. The van der Waals surface area contributed by atoms with E-state index in [1.807, 2.05) is 37.3 Å². The number of halogens is 1. The smallest absolute Gasteiger partial charge is 0.255 e. The molecular formula is C18H20ClNO3. The highest BCUT2D eigenvalue weighted by atomic mass is 35.5. The fourth-order valence-electron chi connectivity index (χ4n) is 2.33. The third-order valence-electron chi connectivity index (χ3n) is 3.59. The maximum Gasteiger partial charge on any atom is 0.255 e. The van der Waals surface area contributed by atoms with E-state index in [0.717, 1.165) is 5.56 Å². The van der Waals surface area contributed by atoms with Crippen LogP contribution in [0.4, 0.5) is 0 Å². The van der Waals surface area contributed by atoms with Crippen LogP contribution in [0, 0.1) is 0 Å². The van der Waals surface area contributed by atoms with Gasteiger partial charge in [-0.25, -0.2) is 0 Å². The van der Waals surface area contributed by atoms with Crippen molar-refractivity contribution < 1.29 is 14.3 Å². The van der Waals surface area contributed by atoms with Crippen LogP contribution in [0.2, 0.25) is 5.02 Å². The van der Waals surface area contributed by atoms with E-state index in [0.29, 0.717) is 35.2 Å². The molecule has 4 nitrogen and oxygen atoms in total. The molecule has 0 bridgehead atoms. The number of amides is 1. The molecule has 0 atom stereocenters. The Morgan fingerprint density at radius 3 is 2.39 bits per heavy atom. The summed E-state index contributed by atoms with van der Waals surface area (Å²) in [7, 11) is 3.19. The highest BCUT2D eigenvalue weighted by Gasteiger charge is 2.17. The molecule has 1 amide bonds. The average molecular weight is 334 g/mol. The van der Waals surface area contributed by atoms with Crippen molar-refractivity contribution in [3.8, 4) is 11.5 Å². The molecule has 122 valence electrons. The predicted molar refractivity (Wildman–Crippen MR) is 91.4 cm³/mol. The summed E-state index contributed by atoms with van der Waals surface area (Å²) in [5, 5.41) is 0.461. The lowest BCUT2D eigenvalue weighted by atomic mass is 10.1. The molecule has 0 spiro atoms. The van der Waals surface area contributed by atoms with E-state index in [-0.39, 0.29) is 5.91 Å². The predicted octanol–water partition coefficient (Wildman–Crippen LogP) is 4.02. The number of rotatable bonds is 6. The Kier molecular flexibility index (Phi) is 5.88. The third-order valence-corrected chi connectivity index (χ3v) is 3.92. The first kappa shape index (κ1) is 17.2. The molecule has 2 aromatic carbocycles. The molecule has 2 rings (SSSR count). The molecule has 0 aliphatic rings. The van der Waals surface area contributed by atoms with Gasteiger partial charge in [-0.05, 0) is 36.8 Å². The van der Waals surface area contributed by atoms with Crippen molar-refractivity contribution in [2.45, 2.75) is 13.5 Å². The minimum absolute atomic E-state index is 0.0899. The van der Waals surface area contributed by atoms with E-state index in [1.165, 1.54) is 0 Å². The lowest BCUT2D eigenvalue weighted by molar-refractivity contribution is 0.0752. The number of nitrogens with zero attached hydrogens (tertiary/aromatic N) is 1. The van der Waals surface area contributed by atoms with Gasteiger partial charge in [0.05, 0.1) is 24.8 Å². The summed E-state index contributed by atoms with van der Waals surface area (Å²) in [5.41, 5.74) is 1.47. The van der Waals surface area contributed by atoms with E-state index >= 15 is 0 Å². The van der Waals surface area contributed by atoms with Crippen molar-refractivity contribution in [3.05, 3.63) is 58.6 Å². The Morgan fingerprint density at radius 2 is 1.78 bits per heavy atom. The summed E-state index contributed by atoms with van der Waals surface area (Å²) in [5.74, 6) is 1.22. The highest BCUT2D eigenvalue weighted by Crippen LogP contribution is 2.28. The molecule has 0 unspecified atom stereocenters. The fraction of sp³-hybridized carbons (Fsp3) is 0.278. The molecule has 0 heterocycles. The van der Waals surface area contributed by atoms with Gasteiger partial charge < -0.3 is 14.4 Å². The molecule has 0 saturated heterocycles. The molecule has 0 aromatic heterocycles. The van der Waals surface area contributed by atoms with E-state index in [1.54, 1.807) is 31.3 Å². The molecular weight excluding hydrogens is 314 g/mol. The number of carbonyl (C=O) groups excluding carboxylic acids is 1. The van der Waals surface area contributed by atoms with Crippen LogP contribution in [0.3, 0.4) is 0 Å². The van der Waals surface area contributed by atoms with Crippen molar-refractivity contribution in [2.75, 3.05) is 20.8 Å². The van der Waals surface area contributed by atoms with Crippen LogP contribution in [-0.4, -0.2) is 31.6 Å². The first-order valence-corrected chi connectivity index (χ1v) is 7.73. The molecule has 0 fully saturated rings. The Morgan fingerprint density at radius 1 is 1.09 bits per heavy atom. The maximum absolute atomic E-state index is 12.7. The first-order chi connectivity index (χ1) is 11.1. The van der Waals surface area contributed by atoms with Gasteiger partial charge in [0.1, 0.15) is 0 Å². The van der Waals surface area contributed by atoms with Crippen LogP contribution in [0.25, 0.3) is 0 Å². The summed E-state index contributed by atoms with van der Waals surface area (Å²) in [6.45, 7) is 2.99. The van der Waals surface area contributed by atoms with Crippen LogP contribution in [-0.2, 0) is 6.54 Å². The maximum atomic E-state index is 12.7. The normalized spacial score (nSPS) is 10.3. The van der Waals surface area contributed by atoms with Gasteiger partial charge >= 0.3 is 0 Å². The van der Waals surface area contributed by atoms with Crippen molar-refractivity contribution in [1.29, 1.82) is 0 Å². The highest BCUT2D eigenvalue weighted by molar-refractivity contribution is 6.33. The van der Waals surface area contributed by atoms with E-state index < -0.39 is 0 Å². The number of benzene rings is 2. The van der Waals surface area contributed by atoms with Crippen molar-refractivity contribution >= 4 is 17.5 Å². The monoisotopic (exact) mass is 333 g/mol. The van der Waals surface area contributed by atoms with Crippen LogP contribution in [0.1, 0.15) is 22.8 Å².